The van der Waals surface area contributed by atoms with Gasteiger partial charge in [0.05, 0.1) is 6.61 Å². The Kier molecular flexibility index (Phi) is 37.2. The number of likely N-dealkylation sites (N-methyl/N-ethyl adjacent to an activating group) is 1. The highest BCUT2D eigenvalue weighted by atomic mass is 31.2. The minimum absolute atomic E-state index is 0.0569. The summed E-state index contributed by atoms with van der Waals surface area (Å²) < 4.78 is 34.9. The summed E-state index contributed by atoms with van der Waals surface area (Å²) in [5, 5.41) is 0. The lowest BCUT2D eigenvalue weighted by molar-refractivity contribution is -0.490. The normalized spacial score (nSPS) is 13.4. The van der Waals surface area contributed by atoms with Crippen LogP contribution in [-0.4, -0.2) is 67.6 Å². The standard InChI is InChI=1S/C43H80NO8P/c1-5-7-9-11-13-15-17-19-21-23-25-27-29-31-33-35-42(45)49-39-41(40-51-53(47,48)50-38-37-44(3)4)52-43(46)36-34-32-30-28-26-24-22-20-18-16-14-12-10-8-6-2/h19-22,41H,3,5-18,23-40H2,1-2,4H3/p+1/b21-19-,22-20-/t41-/m1/s1. The molecule has 53 heavy (non-hydrogen) atoms. The molecule has 0 spiro atoms. The lowest BCUT2D eigenvalue weighted by Crippen LogP contribution is -2.29. The van der Waals surface area contributed by atoms with E-state index in [0.29, 0.717) is 13.0 Å². The van der Waals surface area contributed by atoms with E-state index < -0.39 is 26.5 Å². The summed E-state index contributed by atoms with van der Waals surface area (Å²) in [5.41, 5.74) is 0. The van der Waals surface area contributed by atoms with Crippen LogP contribution in [0.5, 0.6) is 0 Å². The van der Waals surface area contributed by atoms with Crippen LogP contribution in [0, 0.1) is 0 Å². The van der Waals surface area contributed by atoms with Crippen LogP contribution in [0.4, 0.5) is 0 Å². The van der Waals surface area contributed by atoms with E-state index in [-0.39, 0.29) is 32.0 Å². The van der Waals surface area contributed by atoms with Crippen LogP contribution >= 0.6 is 7.82 Å². The topological polar surface area (TPSA) is 111 Å². The first-order chi connectivity index (χ1) is 25.7. The fraction of sp³-hybridized carbons (Fsp3) is 0.837. The van der Waals surface area contributed by atoms with Crippen molar-refractivity contribution in [3.05, 3.63) is 24.3 Å². The van der Waals surface area contributed by atoms with Crippen molar-refractivity contribution in [2.45, 2.75) is 200 Å². The first-order valence-corrected chi connectivity index (χ1v) is 23.0. The van der Waals surface area contributed by atoms with Crippen molar-refractivity contribution < 1.29 is 42.1 Å². The van der Waals surface area contributed by atoms with Crippen LogP contribution in [0.15, 0.2) is 24.3 Å². The van der Waals surface area contributed by atoms with Crippen molar-refractivity contribution in [1.82, 2.24) is 0 Å². The van der Waals surface area contributed by atoms with E-state index in [0.717, 1.165) is 70.6 Å². The molecule has 0 radical (unpaired) electrons. The van der Waals surface area contributed by atoms with E-state index in [1.54, 1.807) is 11.6 Å². The molecule has 0 aromatic rings. The Balaban J connectivity index is 4.32. The van der Waals surface area contributed by atoms with E-state index in [9.17, 15) is 19.0 Å². The van der Waals surface area contributed by atoms with E-state index in [1.807, 2.05) is 0 Å². The minimum atomic E-state index is -4.39. The van der Waals surface area contributed by atoms with Gasteiger partial charge in [-0.25, -0.2) is 9.14 Å². The Morgan fingerprint density at radius 1 is 0.604 bits per heavy atom. The van der Waals surface area contributed by atoms with Crippen LogP contribution in [0.2, 0.25) is 0 Å². The lowest BCUT2D eigenvalue weighted by Gasteiger charge is -2.19. The maximum absolute atomic E-state index is 12.6. The van der Waals surface area contributed by atoms with Crippen LogP contribution in [0.25, 0.3) is 0 Å². The highest BCUT2D eigenvalue weighted by Gasteiger charge is 2.26. The molecule has 0 rings (SSSR count). The number of rotatable bonds is 40. The van der Waals surface area contributed by atoms with Crippen LogP contribution in [-0.2, 0) is 32.7 Å². The molecule has 0 aromatic carbocycles. The van der Waals surface area contributed by atoms with E-state index in [1.165, 1.54) is 89.9 Å². The molecule has 0 aliphatic carbocycles. The zero-order chi connectivity index (χ0) is 39.1. The smallest absolute Gasteiger partial charge is 0.462 e. The van der Waals surface area contributed by atoms with Gasteiger partial charge in [0.25, 0.3) is 0 Å². The molecule has 0 saturated heterocycles. The fourth-order valence-corrected chi connectivity index (χ4v) is 6.57. The second kappa shape index (κ2) is 38.5. The average molecular weight is 771 g/mol. The second-order valence-corrected chi connectivity index (χ2v) is 16.1. The number of phosphoric acid groups is 1. The first-order valence-electron chi connectivity index (χ1n) is 21.5. The molecule has 2 atom stereocenters. The third kappa shape index (κ3) is 39.7. The third-order valence-electron chi connectivity index (χ3n) is 9.16. The van der Waals surface area contributed by atoms with Crippen molar-refractivity contribution in [1.29, 1.82) is 0 Å². The molecule has 1 unspecified atom stereocenters. The molecule has 0 bridgehead atoms. The Bertz CT molecular complexity index is 985. The molecular weight excluding hydrogens is 689 g/mol. The minimum Gasteiger partial charge on any atom is -0.462 e. The fourth-order valence-electron chi connectivity index (χ4n) is 5.83. The third-order valence-corrected chi connectivity index (χ3v) is 10.1. The number of nitrogens with zero attached hydrogens (tertiary/aromatic N) is 1. The van der Waals surface area contributed by atoms with Crippen LogP contribution in [0.3, 0.4) is 0 Å². The SMILES string of the molecule is C=[N+](C)CCOP(=O)(O)OC[C@@H](COC(=O)CCCCCCC/C=C\CCCCCCCC)OC(=O)CCCCCCC/C=C\CCCCCCCC. The molecule has 10 heteroatoms. The number of esters is 2. The quantitative estimate of drug-likeness (QED) is 0.0164. The van der Waals surface area contributed by atoms with Gasteiger partial charge in [0.15, 0.2) is 12.6 Å². The molecule has 9 nitrogen and oxygen atoms in total. The number of hydrogen-bond acceptors (Lipinski definition) is 7. The predicted molar refractivity (Wildman–Crippen MR) is 220 cm³/mol. The monoisotopic (exact) mass is 771 g/mol. The molecule has 310 valence electrons. The molecule has 0 heterocycles. The number of phosphoric ester groups is 1. The second-order valence-electron chi connectivity index (χ2n) is 14.6. The van der Waals surface area contributed by atoms with Gasteiger partial charge in [-0.15, -0.1) is 0 Å². The van der Waals surface area contributed by atoms with Crippen LogP contribution < -0.4 is 0 Å². The average Bonchev–Trinajstić information content (AvgIpc) is 3.12. The molecule has 0 aliphatic heterocycles. The largest absolute Gasteiger partial charge is 0.472 e. The number of hydrogen-bond donors (Lipinski definition) is 1. The number of unbranched alkanes of at least 4 members (excludes halogenated alkanes) is 22. The molecule has 0 aromatic heterocycles. The summed E-state index contributed by atoms with van der Waals surface area (Å²) in [6.07, 6.45) is 39.2. The number of carbonyl (C=O) groups is 2. The van der Waals surface area contributed by atoms with Crippen molar-refractivity contribution in [3.8, 4) is 0 Å². The van der Waals surface area contributed by atoms with Gasteiger partial charge < -0.3 is 14.4 Å². The zero-order valence-electron chi connectivity index (χ0n) is 34.4. The Labute approximate surface area is 325 Å². The lowest BCUT2D eigenvalue weighted by atomic mass is 10.1. The molecular formula is C43H81NO8P+. The summed E-state index contributed by atoms with van der Waals surface area (Å²) in [4.78, 5) is 35.1. The van der Waals surface area contributed by atoms with Gasteiger partial charge in [-0.3, -0.25) is 18.6 Å². The highest BCUT2D eigenvalue weighted by Crippen LogP contribution is 2.43. The van der Waals surface area contributed by atoms with E-state index in [4.69, 9.17) is 18.5 Å². The van der Waals surface area contributed by atoms with Gasteiger partial charge >= 0.3 is 19.8 Å². The van der Waals surface area contributed by atoms with Gasteiger partial charge in [-0.05, 0) is 64.2 Å². The Morgan fingerprint density at radius 3 is 1.43 bits per heavy atom. The molecule has 0 amide bonds. The zero-order valence-corrected chi connectivity index (χ0v) is 35.3. The van der Waals surface area contributed by atoms with Gasteiger partial charge in [0.1, 0.15) is 27.0 Å². The Morgan fingerprint density at radius 2 is 1.00 bits per heavy atom. The molecule has 0 fully saturated rings. The van der Waals surface area contributed by atoms with Crippen LogP contribution in [0.1, 0.15) is 194 Å². The van der Waals surface area contributed by atoms with Crippen molar-refractivity contribution in [2.24, 2.45) is 0 Å². The summed E-state index contributed by atoms with van der Waals surface area (Å²) in [5.74, 6) is -0.834. The summed E-state index contributed by atoms with van der Waals surface area (Å²) in [6.45, 7) is 7.77. The van der Waals surface area contributed by atoms with Crippen molar-refractivity contribution in [3.63, 3.8) is 0 Å². The van der Waals surface area contributed by atoms with Gasteiger partial charge in [-0.2, -0.15) is 0 Å². The van der Waals surface area contributed by atoms with Gasteiger partial charge in [0, 0.05) is 12.8 Å². The van der Waals surface area contributed by atoms with E-state index in [2.05, 4.69) is 44.9 Å². The maximum Gasteiger partial charge on any atom is 0.472 e. The Hall–Kier alpha value is -1.80. The molecule has 0 saturated carbocycles. The highest BCUT2D eigenvalue weighted by molar-refractivity contribution is 7.47. The summed E-state index contributed by atoms with van der Waals surface area (Å²) in [6, 6.07) is 0. The summed E-state index contributed by atoms with van der Waals surface area (Å²) >= 11 is 0. The van der Waals surface area contributed by atoms with E-state index >= 15 is 0 Å². The molecule has 0 aliphatic rings. The number of allylic oxidation sites excluding steroid dienone is 4. The first kappa shape index (κ1) is 51.2. The number of carbonyl (C=O) groups excluding carboxylic acids is 2. The number of ether oxygens (including phenoxy) is 2. The summed E-state index contributed by atoms with van der Waals surface area (Å²) in [7, 11) is -2.68. The predicted octanol–water partition coefficient (Wildman–Crippen LogP) is 12.0. The van der Waals surface area contributed by atoms with Crippen molar-refractivity contribution in [2.75, 3.05) is 33.4 Å². The van der Waals surface area contributed by atoms with Gasteiger partial charge in [0.2, 0.25) is 0 Å². The van der Waals surface area contributed by atoms with Gasteiger partial charge in [-0.1, -0.05) is 141 Å². The maximum atomic E-state index is 12.6. The molecule has 1 N–H and O–H groups in total. The van der Waals surface area contributed by atoms with Crippen molar-refractivity contribution >= 4 is 26.5 Å².